The summed E-state index contributed by atoms with van der Waals surface area (Å²) < 4.78 is 4.83. The molecule has 0 aliphatic heterocycles. The summed E-state index contributed by atoms with van der Waals surface area (Å²) in [6, 6.07) is 0. The molecule has 4 heteroatoms. The monoisotopic (exact) mass is 222 g/mol. The van der Waals surface area contributed by atoms with Crippen LogP contribution in [0.3, 0.4) is 0 Å². The molecular weight excluding hydrogens is 196 g/mol. The van der Waals surface area contributed by atoms with Crippen molar-refractivity contribution in [3.63, 3.8) is 0 Å². The number of aliphatic hydroxyl groups excluding tert-OH is 3. The second-order valence-corrected chi connectivity index (χ2v) is 1.80. The van der Waals surface area contributed by atoms with Crippen LogP contribution in [-0.2, 0) is 4.74 Å². The first-order chi connectivity index (χ1) is 7.22. The standard InChI is InChI=1S/C4H10O.C3H8O3.2C2H4/c1-3-5-4-2;4-1-3(6)2-5;2*1-2/h3-4H2,1-2H3;3-6H,1-2H2;2*1-2H2. The highest BCUT2D eigenvalue weighted by atomic mass is 16.5. The van der Waals surface area contributed by atoms with Gasteiger partial charge in [-0.3, -0.25) is 0 Å². The number of rotatable bonds is 4. The largest absolute Gasteiger partial charge is 0.394 e. The Bertz CT molecular complexity index is 71.0. The molecule has 3 N–H and O–H groups in total. The van der Waals surface area contributed by atoms with E-state index in [4.69, 9.17) is 20.1 Å². The van der Waals surface area contributed by atoms with Crippen LogP contribution in [0.1, 0.15) is 13.8 Å². The number of hydrogen-bond acceptors (Lipinski definition) is 4. The highest BCUT2D eigenvalue weighted by molar-refractivity contribution is 4.44. The minimum absolute atomic E-state index is 0.365. The maximum absolute atomic E-state index is 8.17. The Labute approximate surface area is 93.5 Å². The van der Waals surface area contributed by atoms with Crippen molar-refractivity contribution in [2.45, 2.75) is 20.0 Å². The Morgan fingerprint density at radius 1 is 0.933 bits per heavy atom. The van der Waals surface area contributed by atoms with Gasteiger partial charge in [-0.25, -0.2) is 0 Å². The van der Waals surface area contributed by atoms with E-state index in [-0.39, 0.29) is 13.2 Å². The van der Waals surface area contributed by atoms with Crippen molar-refractivity contribution >= 4 is 0 Å². The molecule has 0 heterocycles. The minimum atomic E-state index is -0.954. The molecule has 0 saturated carbocycles. The van der Waals surface area contributed by atoms with E-state index >= 15 is 0 Å². The number of aliphatic hydroxyl groups is 3. The summed E-state index contributed by atoms with van der Waals surface area (Å²) in [4.78, 5) is 0. The van der Waals surface area contributed by atoms with E-state index in [0.29, 0.717) is 0 Å². The molecule has 0 aromatic carbocycles. The fourth-order valence-electron chi connectivity index (χ4n) is 0.262. The SMILES string of the molecule is C=C.C=C.CCOCC.OCC(O)CO. The van der Waals surface area contributed by atoms with Gasteiger partial charge in [0.05, 0.1) is 13.2 Å². The van der Waals surface area contributed by atoms with Gasteiger partial charge in [0.25, 0.3) is 0 Å². The average molecular weight is 222 g/mol. The molecule has 0 aliphatic rings. The van der Waals surface area contributed by atoms with Gasteiger partial charge in [0.2, 0.25) is 0 Å². The van der Waals surface area contributed by atoms with Crippen LogP contribution in [0.15, 0.2) is 26.3 Å². The first-order valence-electron chi connectivity index (χ1n) is 4.70. The topological polar surface area (TPSA) is 69.9 Å². The highest BCUT2D eigenvalue weighted by Gasteiger charge is 1.93. The normalized spacial score (nSPS) is 7.33. The Hall–Kier alpha value is -0.680. The van der Waals surface area contributed by atoms with Crippen molar-refractivity contribution in [3.05, 3.63) is 26.3 Å². The number of hydrogen-bond donors (Lipinski definition) is 3. The lowest BCUT2D eigenvalue weighted by Gasteiger charge is -1.96. The first kappa shape index (κ1) is 23.9. The lowest BCUT2D eigenvalue weighted by atomic mass is 10.4. The van der Waals surface area contributed by atoms with E-state index in [1.165, 1.54) is 0 Å². The van der Waals surface area contributed by atoms with Crippen molar-refractivity contribution in [2.24, 2.45) is 0 Å². The van der Waals surface area contributed by atoms with Gasteiger partial charge < -0.3 is 20.1 Å². The maximum atomic E-state index is 8.17. The fraction of sp³-hybridized carbons (Fsp3) is 0.636. The average Bonchev–Trinajstić information content (AvgIpc) is 2.35. The lowest BCUT2D eigenvalue weighted by Crippen LogP contribution is -2.15. The number of ether oxygens (including phenoxy) is 1. The zero-order chi connectivity index (χ0) is 13.1. The zero-order valence-corrected chi connectivity index (χ0v) is 9.98. The predicted octanol–water partition coefficient (Wildman–Crippen LogP) is 0.979. The van der Waals surface area contributed by atoms with Crippen LogP contribution in [0.5, 0.6) is 0 Å². The molecule has 0 radical (unpaired) electrons. The van der Waals surface area contributed by atoms with Crippen LogP contribution in [0.25, 0.3) is 0 Å². The van der Waals surface area contributed by atoms with E-state index in [9.17, 15) is 0 Å². The Kier molecular flexibility index (Phi) is 60.0. The van der Waals surface area contributed by atoms with Crippen LogP contribution in [0, 0.1) is 0 Å². The minimum Gasteiger partial charge on any atom is -0.394 e. The summed E-state index contributed by atoms with van der Waals surface area (Å²) in [6.45, 7) is 16.9. The predicted molar refractivity (Wildman–Crippen MR) is 64.9 cm³/mol. The molecule has 0 bridgehead atoms. The Balaban J connectivity index is -0.0000000610. The summed E-state index contributed by atoms with van der Waals surface area (Å²) in [5.74, 6) is 0. The van der Waals surface area contributed by atoms with Gasteiger partial charge in [0, 0.05) is 13.2 Å². The highest BCUT2D eigenvalue weighted by Crippen LogP contribution is 1.71. The van der Waals surface area contributed by atoms with Gasteiger partial charge in [-0.1, -0.05) is 0 Å². The van der Waals surface area contributed by atoms with Gasteiger partial charge in [-0.2, -0.15) is 0 Å². The second kappa shape index (κ2) is 37.7. The molecule has 0 fully saturated rings. The first-order valence-corrected chi connectivity index (χ1v) is 4.70. The van der Waals surface area contributed by atoms with Crippen molar-refractivity contribution in [1.29, 1.82) is 0 Å². The smallest absolute Gasteiger partial charge is 0.100 e. The summed E-state index contributed by atoms with van der Waals surface area (Å²) in [5, 5.41) is 24.0. The van der Waals surface area contributed by atoms with Crippen LogP contribution >= 0.6 is 0 Å². The fourth-order valence-corrected chi connectivity index (χ4v) is 0.262. The van der Waals surface area contributed by atoms with Crippen molar-refractivity contribution in [3.8, 4) is 0 Å². The molecule has 94 valence electrons. The van der Waals surface area contributed by atoms with E-state index in [0.717, 1.165) is 13.2 Å². The molecule has 4 nitrogen and oxygen atoms in total. The van der Waals surface area contributed by atoms with Crippen LogP contribution in [0.4, 0.5) is 0 Å². The third-order valence-electron chi connectivity index (χ3n) is 0.830. The molecule has 0 unspecified atom stereocenters. The summed E-state index contributed by atoms with van der Waals surface area (Å²) in [7, 11) is 0. The lowest BCUT2D eigenvalue weighted by molar-refractivity contribution is 0.0450. The summed E-state index contributed by atoms with van der Waals surface area (Å²) in [6.07, 6.45) is -0.954. The van der Waals surface area contributed by atoms with E-state index < -0.39 is 6.10 Å². The Morgan fingerprint density at radius 2 is 1.20 bits per heavy atom. The third kappa shape index (κ3) is 60.3. The van der Waals surface area contributed by atoms with Gasteiger partial charge >= 0.3 is 0 Å². The van der Waals surface area contributed by atoms with E-state index in [2.05, 4.69) is 26.3 Å². The van der Waals surface area contributed by atoms with Gasteiger partial charge in [-0.15, -0.1) is 26.3 Å². The van der Waals surface area contributed by atoms with Gasteiger partial charge in [0.15, 0.2) is 0 Å². The van der Waals surface area contributed by atoms with Crippen molar-refractivity contribution in [1.82, 2.24) is 0 Å². The molecule has 0 saturated heterocycles. The maximum Gasteiger partial charge on any atom is 0.100 e. The van der Waals surface area contributed by atoms with Crippen molar-refractivity contribution in [2.75, 3.05) is 26.4 Å². The zero-order valence-electron chi connectivity index (χ0n) is 9.98. The quantitative estimate of drug-likeness (QED) is 0.620. The molecule has 0 aromatic rings. The van der Waals surface area contributed by atoms with E-state index in [1.54, 1.807) is 0 Å². The van der Waals surface area contributed by atoms with Gasteiger partial charge in [0.1, 0.15) is 6.10 Å². The summed E-state index contributed by atoms with van der Waals surface area (Å²) >= 11 is 0. The van der Waals surface area contributed by atoms with E-state index in [1.807, 2.05) is 13.8 Å². The van der Waals surface area contributed by atoms with Crippen LogP contribution in [0.2, 0.25) is 0 Å². The molecular formula is C11H26O4. The van der Waals surface area contributed by atoms with Crippen LogP contribution in [-0.4, -0.2) is 47.9 Å². The molecule has 0 amide bonds. The van der Waals surface area contributed by atoms with Crippen molar-refractivity contribution < 1.29 is 20.1 Å². The Morgan fingerprint density at radius 3 is 1.20 bits per heavy atom. The third-order valence-corrected chi connectivity index (χ3v) is 0.830. The molecule has 0 aromatic heterocycles. The molecule has 0 rings (SSSR count). The molecule has 0 aliphatic carbocycles. The summed E-state index contributed by atoms with van der Waals surface area (Å²) in [5.41, 5.74) is 0. The second-order valence-electron chi connectivity index (χ2n) is 1.80. The van der Waals surface area contributed by atoms with Crippen LogP contribution < -0.4 is 0 Å². The molecule has 0 spiro atoms. The molecule has 15 heavy (non-hydrogen) atoms. The molecule has 0 atom stereocenters. The van der Waals surface area contributed by atoms with Gasteiger partial charge in [-0.05, 0) is 13.8 Å².